The second-order valence-electron chi connectivity index (χ2n) is 10.9. The molecule has 0 spiro atoms. The van der Waals surface area contributed by atoms with Gasteiger partial charge in [0.15, 0.2) is 11.5 Å². The van der Waals surface area contributed by atoms with E-state index in [1.165, 1.54) is 65.9 Å². The average molecular weight is 482 g/mol. The first-order valence-corrected chi connectivity index (χ1v) is 12.6. The molecule has 7 nitrogen and oxygen atoms in total. The van der Waals surface area contributed by atoms with Gasteiger partial charge in [0.25, 0.3) is 0 Å². The Hall–Kier alpha value is -2.96. The Morgan fingerprint density at radius 3 is 1.94 bits per heavy atom. The van der Waals surface area contributed by atoms with Crippen LogP contribution in [0.15, 0.2) is 41.7 Å². The number of esters is 2. The molecule has 1 aromatic carbocycles. The number of phenols is 1. The van der Waals surface area contributed by atoms with Crippen molar-refractivity contribution >= 4 is 11.9 Å². The summed E-state index contributed by atoms with van der Waals surface area (Å²) in [5, 5.41) is 10.4. The van der Waals surface area contributed by atoms with E-state index in [4.69, 9.17) is 14.2 Å². The van der Waals surface area contributed by atoms with E-state index < -0.39 is 17.9 Å². The Morgan fingerprint density at radius 2 is 1.49 bits per heavy atom. The maximum Gasteiger partial charge on any atom is 0.336 e. The fourth-order valence-corrected chi connectivity index (χ4v) is 7.63. The highest BCUT2D eigenvalue weighted by atomic mass is 16.5. The summed E-state index contributed by atoms with van der Waals surface area (Å²) in [6, 6.07) is 4.87. The summed E-state index contributed by atoms with van der Waals surface area (Å²) in [7, 11) is 4.14. The SMILES string of the molecule is COC(=O)C1=CN(CCC23CC4CC(CC(C4)C2)C3)C=C(C(=O)OC)C1c1ccc(OC)c(O)c1. The molecule has 1 heterocycles. The van der Waals surface area contributed by atoms with Gasteiger partial charge in [-0.05, 0) is 85.8 Å². The molecule has 6 rings (SSSR count). The molecular formula is C28H35NO6. The van der Waals surface area contributed by atoms with Crippen molar-refractivity contribution in [2.45, 2.75) is 50.9 Å². The summed E-state index contributed by atoms with van der Waals surface area (Å²) in [4.78, 5) is 27.8. The number of phenolic OH excluding ortho intramolecular Hbond substituents is 1. The minimum Gasteiger partial charge on any atom is -0.504 e. The van der Waals surface area contributed by atoms with Gasteiger partial charge in [0.2, 0.25) is 0 Å². The van der Waals surface area contributed by atoms with Crippen LogP contribution >= 0.6 is 0 Å². The number of benzene rings is 1. The van der Waals surface area contributed by atoms with Crippen LogP contribution in [0.4, 0.5) is 0 Å². The van der Waals surface area contributed by atoms with Crippen LogP contribution in [0.25, 0.3) is 0 Å². The molecule has 0 aromatic heterocycles. The van der Waals surface area contributed by atoms with Gasteiger partial charge in [-0.25, -0.2) is 9.59 Å². The lowest BCUT2D eigenvalue weighted by molar-refractivity contribution is -0.137. The van der Waals surface area contributed by atoms with E-state index in [9.17, 15) is 14.7 Å². The standard InChI is InChI=1S/C28H35NO6/c1-33-24-5-4-20(11-23(24)30)25-21(26(31)34-2)15-29(16-22(25)27(32)35-3)7-6-28-12-17-8-18(13-28)10-19(9-17)14-28/h4-5,11,15-19,25,30H,6-10,12-14H2,1-3H3. The monoisotopic (exact) mass is 481 g/mol. The van der Waals surface area contributed by atoms with Crippen molar-refractivity contribution in [2.75, 3.05) is 27.9 Å². The summed E-state index contributed by atoms with van der Waals surface area (Å²) in [6.07, 6.45) is 12.8. The highest BCUT2D eigenvalue weighted by Gasteiger charge is 2.50. The lowest BCUT2D eigenvalue weighted by Crippen LogP contribution is -2.47. The van der Waals surface area contributed by atoms with Crippen molar-refractivity contribution in [3.05, 3.63) is 47.3 Å². The molecule has 5 aliphatic rings. The number of ether oxygens (including phenoxy) is 3. The first kappa shape index (κ1) is 23.8. The van der Waals surface area contributed by atoms with E-state index in [0.717, 1.165) is 30.7 Å². The van der Waals surface area contributed by atoms with Gasteiger partial charge in [-0.2, -0.15) is 0 Å². The lowest BCUT2D eigenvalue weighted by Gasteiger charge is -2.57. The zero-order valence-electron chi connectivity index (χ0n) is 20.8. The van der Waals surface area contributed by atoms with Crippen LogP contribution in [-0.2, 0) is 19.1 Å². The molecule has 7 heteroatoms. The molecule has 1 aliphatic heterocycles. The summed E-state index contributed by atoms with van der Waals surface area (Å²) < 4.78 is 15.4. The molecule has 4 aliphatic carbocycles. The molecule has 0 radical (unpaired) electrons. The second-order valence-corrected chi connectivity index (χ2v) is 10.9. The molecule has 4 bridgehead atoms. The lowest BCUT2D eigenvalue weighted by atomic mass is 9.49. The molecule has 0 amide bonds. The van der Waals surface area contributed by atoms with E-state index in [0.29, 0.717) is 27.9 Å². The largest absolute Gasteiger partial charge is 0.504 e. The molecule has 4 fully saturated rings. The predicted octanol–water partition coefficient (Wildman–Crippen LogP) is 4.52. The van der Waals surface area contributed by atoms with Crippen LogP contribution < -0.4 is 4.74 Å². The maximum atomic E-state index is 12.9. The number of carbonyl (C=O) groups is 2. The van der Waals surface area contributed by atoms with Crippen molar-refractivity contribution in [3.8, 4) is 11.5 Å². The zero-order chi connectivity index (χ0) is 24.7. The number of nitrogens with zero attached hydrogens (tertiary/aromatic N) is 1. The molecule has 0 unspecified atom stereocenters. The summed E-state index contributed by atoms with van der Waals surface area (Å²) >= 11 is 0. The average Bonchev–Trinajstić information content (AvgIpc) is 2.85. The number of aromatic hydroxyl groups is 1. The molecule has 1 aromatic rings. The summed E-state index contributed by atoms with van der Waals surface area (Å²) in [6.45, 7) is 0.730. The Bertz CT molecular complexity index is 1000. The van der Waals surface area contributed by atoms with Crippen molar-refractivity contribution < 1.29 is 28.9 Å². The smallest absolute Gasteiger partial charge is 0.336 e. The number of methoxy groups -OCH3 is 3. The van der Waals surface area contributed by atoms with Gasteiger partial charge in [-0.15, -0.1) is 0 Å². The third-order valence-corrected chi connectivity index (χ3v) is 8.68. The van der Waals surface area contributed by atoms with Crippen LogP contribution in [0.1, 0.15) is 56.4 Å². The van der Waals surface area contributed by atoms with Gasteiger partial charge in [-0.1, -0.05) is 6.07 Å². The fraction of sp³-hybridized carbons (Fsp3) is 0.571. The van der Waals surface area contributed by atoms with Gasteiger partial charge in [0.1, 0.15) is 0 Å². The van der Waals surface area contributed by atoms with E-state index in [2.05, 4.69) is 0 Å². The van der Waals surface area contributed by atoms with E-state index in [-0.39, 0.29) is 5.75 Å². The predicted molar refractivity (Wildman–Crippen MR) is 130 cm³/mol. The Labute approximate surface area is 206 Å². The summed E-state index contributed by atoms with van der Waals surface area (Å²) in [5.74, 6) is 1.12. The molecule has 0 atom stereocenters. The van der Waals surface area contributed by atoms with Crippen LogP contribution in [0.3, 0.4) is 0 Å². The maximum absolute atomic E-state index is 12.9. The molecular weight excluding hydrogens is 446 g/mol. The van der Waals surface area contributed by atoms with Gasteiger partial charge < -0.3 is 24.2 Å². The van der Waals surface area contributed by atoms with Crippen molar-refractivity contribution in [3.63, 3.8) is 0 Å². The first-order chi connectivity index (χ1) is 16.8. The third-order valence-electron chi connectivity index (χ3n) is 8.68. The molecule has 0 saturated heterocycles. The number of hydrogen-bond acceptors (Lipinski definition) is 7. The van der Waals surface area contributed by atoms with Gasteiger partial charge in [0.05, 0.1) is 38.4 Å². The van der Waals surface area contributed by atoms with Crippen LogP contribution in [0.2, 0.25) is 0 Å². The Kier molecular flexibility index (Phi) is 6.28. The highest BCUT2D eigenvalue weighted by molar-refractivity contribution is 5.98. The van der Waals surface area contributed by atoms with Gasteiger partial charge >= 0.3 is 11.9 Å². The van der Waals surface area contributed by atoms with Crippen LogP contribution in [0.5, 0.6) is 11.5 Å². The molecule has 4 saturated carbocycles. The van der Waals surface area contributed by atoms with Crippen LogP contribution in [-0.4, -0.2) is 49.8 Å². The topological polar surface area (TPSA) is 85.3 Å². The fourth-order valence-electron chi connectivity index (χ4n) is 7.63. The number of hydrogen-bond donors (Lipinski definition) is 1. The van der Waals surface area contributed by atoms with E-state index in [1.807, 2.05) is 4.90 Å². The van der Waals surface area contributed by atoms with E-state index >= 15 is 0 Å². The molecule has 1 N–H and O–H groups in total. The minimum atomic E-state index is -0.720. The molecule has 188 valence electrons. The first-order valence-electron chi connectivity index (χ1n) is 12.6. The van der Waals surface area contributed by atoms with Crippen molar-refractivity contribution in [2.24, 2.45) is 23.2 Å². The second kappa shape index (κ2) is 9.25. The van der Waals surface area contributed by atoms with Gasteiger partial charge in [0, 0.05) is 18.9 Å². The zero-order valence-corrected chi connectivity index (χ0v) is 20.8. The van der Waals surface area contributed by atoms with Crippen molar-refractivity contribution in [1.29, 1.82) is 0 Å². The number of carbonyl (C=O) groups excluding carboxylic acids is 2. The minimum absolute atomic E-state index is 0.0670. The number of rotatable bonds is 7. The Balaban J connectivity index is 1.45. The van der Waals surface area contributed by atoms with E-state index in [1.54, 1.807) is 24.5 Å². The highest BCUT2D eigenvalue weighted by Crippen LogP contribution is 2.61. The summed E-state index contributed by atoms with van der Waals surface area (Å²) in [5.41, 5.74) is 1.64. The van der Waals surface area contributed by atoms with Crippen LogP contribution in [0, 0.1) is 23.2 Å². The Morgan fingerprint density at radius 1 is 0.943 bits per heavy atom. The third kappa shape index (κ3) is 4.41. The van der Waals surface area contributed by atoms with Gasteiger partial charge in [-0.3, -0.25) is 0 Å². The molecule has 35 heavy (non-hydrogen) atoms. The van der Waals surface area contributed by atoms with Crippen molar-refractivity contribution in [1.82, 2.24) is 4.90 Å². The quantitative estimate of drug-likeness (QED) is 0.573. The normalized spacial score (nSPS) is 29.5.